The van der Waals surface area contributed by atoms with Crippen LogP contribution in [0.3, 0.4) is 0 Å². The van der Waals surface area contributed by atoms with E-state index in [1.807, 2.05) is 110 Å². The van der Waals surface area contributed by atoms with Crippen LogP contribution < -0.4 is 0 Å². The number of allylic oxidation sites excluding steroid dienone is 16. The van der Waals surface area contributed by atoms with Crippen molar-refractivity contribution in [1.82, 2.24) is 9.97 Å². The highest BCUT2D eigenvalue weighted by Crippen LogP contribution is 2.31. The Kier molecular flexibility index (Phi) is 18.8. The van der Waals surface area contributed by atoms with E-state index >= 15 is 0 Å². The monoisotopic (exact) mass is 822 g/mol. The van der Waals surface area contributed by atoms with Gasteiger partial charge in [-0.15, -0.1) is 0 Å². The highest BCUT2D eigenvalue weighted by molar-refractivity contribution is 6.09. The van der Waals surface area contributed by atoms with Crippen LogP contribution in [0.4, 0.5) is 0 Å². The van der Waals surface area contributed by atoms with Crippen molar-refractivity contribution in [3.63, 3.8) is 0 Å². The Morgan fingerprint density at radius 3 is 1.57 bits per heavy atom. The van der Waals surface area contributed by atoms with Crippen molar-refractivity contribution in [1.29, 1.82) is 0 Å². The average molecular weight is 823 g/mol. The van der Waals surface area contributed by atoms with Crippen LogP contribution in [0.15, 0.2) is 244 Å². The summed E-state index contributed by atoms with van der Waals surface area (Å²) in [6, 6.07) is 50.8. The topological polar surface area (TPSA) is 31.6 Å². The van der Waals surface area contributed by atoms with E-state index < -0.39 is 0 Å². The van der Waals surface area contributed by atoms with Gasteiger partial charge in [-0.3, -0.25) is 0 Å². The van der Waals surface area contributed by atoms with E-state index in [0.29, 0.717) is 5.92 Å². The van der Waals surface area contributed by atoms with Crippen molar-refractivity contribution in [3.05, 3.63) is 266 Å². The van der Waals surface area contributed by atoms with Crippen LogP contribution in [0.1, 0.15) is 62.3 Å². The van der Waals surface area contributed by atoms with Crippen molar-refractivity contribution >= 4 is 54.8 Å². The summed E-state index contributed by atoms with van der Waals surface area (Å²) in [4.78, 5) is 6.96. The third-order valence-electron chi connectivity index (χ3n) is 10.7. The van der Waals surface area contributed by atoms with Crippen LogP contribution >= 0.6 is 0 Å². The summed E-state index contributed by atoms with van der Waals surface area (Å²) < 4.78 is 0. The van der Waals surface area contributed by atoms with E-state index in [2.05, 4.69) is 172 Å². The molecule has 1 atom stereocenters. The van der Waals surface area contributed by atoms with E-state index in [0.717, 1.165) is 11.1 Å². The maximum absolute atomic E-state index is 3.91. The second-order valence-corrected chi connectivity index (χ2v) is 15.2. The lowest BCUT2D eigenvalue weighted by Crippen LogP contribution is -1.90. The lowest BCUT2D eigenvalue weighted by molar-refractivity contribution is 0.735. The number of para-hydroxylation sites is 2. The zero-order valence-electron chi connectivity index (χ0n) is 37.6. The lowest BCUT2D eigenvalue weighted by atomic mass is 9.96. The number of aryl methyl sites for hydroxylation is 1. The van der Waals surface area contributed by atoms with Crippen molar-refractivity contribution in [2.75, 3.05) is 0 Å². The summed E-state index contributed by atoms with van der Waals surface area (Å²) in [5, 5.41) is 5.18. The van der Waals surface area contributed by atoms with E-state index in [1.165, 1.54) is 72.3 Å². The van der Waals surface area contributed by atoms with Gasteiger partial charge in [-0.1, -0.05) is 221 Å². The molecule has 2 N–H and O–H groups in total. The fourth-order valence-electron chi connectivity index (χ4n) is 7.14. The van der Waals surface area contributed by atoms with Gasteiger partial charge in [-0.25, -0.2) is 0 Å². The molecule has 2 nitrogen and oxygen atoms in total. The third-order valence-corrected chi connectivity index (χ3v) is 10.7. The molecule has 0 aliphatic heterocycles. The molecule has 6 aromatic carbocycles. The number of H-pyrrole nitrogens is 2. The molecule has 0 fully saturated rings. The molecule has 63 heavy (non-hydrogen) atoms. The first kappa shape index (κ1) is 46.6. The van der Waals surface area contributed by atoms with Crippen LogP contribution in [-0.2, 0) is 0 Å². The number of hydrogen-bond donors (Lipinski definition) is 2. The van der Waals surface area contributed by atoms with Crippen LogP contribution in [-0.4, -0.2) is 9.97 Å². The maximum atomic E-state index is 3.91. The van der Waals surface area contributed by atoms with Gasteiger partial charge in [0.05, 0.1) is 0 Å². The van der Waals surface area contributed by atoms with Gasteiger partial charge in [0.2, 0.25) is 0 Å². The van der Waals surface area contributed by atoms with Crippen molar-refractivity contribution in [2.45, 2.75) is 47.0 Å². The first-order valence-electron chi connectivity index (χ1n) is 21.9. The van der Waals surface area contributed by atoms with E-state index in [4.69, 9.17) is 0 Å². The minimum atomic E-state index is 0.632. The molecular formula is C61H62N2. The second-order valence-electron chi connectivity index (χ2n) is 15.2. The molecule has 0 saturated carbocycles. The number of rotatable bonds is 11. The summed E-state index contributed by atoms with van der Waals surface area (Å²) in [6.07, 6.45) is 28.8. The maximum Gasteiger partial charge on any atom is 0.0465 e. The Morgan fingerprint density at radius 1 is 0.540 bits per heavy atom. The van der Waals surface area contributed by atoms with Crippen molar-refractivity contribution < 1.29 is 0 Å². The van der Waals surface area contributed by atoms with Gasteiger partial charge in [-0.05, 0) is 103 Å². The van der Waals surface area contributed by atoms with Gasteiger partial charge in [0.1, 0.15) is 0 Å². The zero-order valence-corrected chi connectivity index (χ0v) is 37.6. The van der Waals surface area contributed by atoms with Gasteiger partial charge in [0.25, 0.3) is 0 Å². The van der Waals surface area contributed by atoms with Crippen LogP contribution in [0.25, 0.3) is 54.8 Å². The van der Waals surface area contributed by atoms with Gasteiger partial charge in [-0.2, -0.15) is 0 Å². The fraction of sp³-hybridized carbons (Fsp3) is 0.115. The Balaban J connectivity index is 0.000000178. The number of nitrogens with one attached hydrogen (secondary N) is 2. The van der Waals surface area contributed by atoms with Crippen LogP contribution in [0.5, 0.6) is 0 Å². The molecule has 2 aromatic heterocycles. The predicted molar refractivity (Wildman–Crippen MR) is 281 cm³/mol. The first-order chi connectivity index (χ1) is 30.9. The molecule has 8 rings (SSSR count). The highest BCUT2D eigenvalue weighted by Gasteiger charge is 2.09. The molecule has 0 saturated heterocycles. The predicted octanol–water partition coefficient (Wildman–Crippen LogP) is 17.8. The van der Waals surface area contributed by atoms with E-state index in [9.17, 15) is 0 Å². The normalized spacial score (nSPS) is 12.5. The number of fused-ring (bicyclic) bond motifs is 6. The molecule has 1 unspecified atom stereocenters. The minimum absolute atomic E-state index is 0.632. The Hall–Kier alpha value is -7.42. The molecule has 8 aromatic rings. The zero-order chi connectivity index (χ0) is 44.7. The van der Waals surface area contributed by atoms with Crippen molar-refractivity contribution in [2.24, 2.45) is 0 Å². The van der Waals surface area contributed by atoms with E-state index in [1.54, 1.807) is 6.08 Å². The average Bonchev–Trinajstić information content (AvgIpc) is 3.90. The SMILES string of the molecule is C=C/C=C(\C=C(/C)c1ccccc1C)c1ccc2[nH]c3ccccc3c2c1.C=C\C=C/C=C\C=C\C=C\C=C/C.CCC(C)c1ccc2[nH]c3ccccc3c2c1.c1ccccc1. The number of hydrogen-bond acceptors (Lipinski definition) is 0. The molecule has 2 heterocycles. The summed E-state index contributed by atoms with van der Waals surface area (Å²) in [5.74, 6) is 0.632. The Labute approximate surface area is 376 Å². The molecule has 0 bridgehead atoms. The Bertz CT molecular complexity index is 2870. The van der Waals surface area contributed by atoms with Crippen LogP contribution in [0.2, 0.25) is 0 Å². The second kappa shape index (κ2) is 25.4. The Morgan fingerprint density at radius 2 is 1.03 bits per heavy atom. The molecule has 0 aliphatic carbocycles. The van der Waals surface area contributed by atoms with Gasteiger partial charge in [0.15, 0.2) is 0 Å². The van der Waals surface area contributed by atoms with Gasteiger partial charge < -0.3 is 9.97 Å². The number of benzene rings is 6. The summed E-state index contributed by atoms with van der Waals surface area (Å²) in [7, 11) is 0. The smallest absolute Gasteiger partial charge is 0.0465 e. The highest BCUT2D eigenvalue weighted by atomic mass is 14.7. The van der Waals surface area contributed by atoms with Gasteiger partial charge in [0, 0.05) is 43.6 Å². The largest absolute Gasteiger partial charge is 0.355 e. The minimum Gasteiger partial charge on any atom is -0.355 e. The quantitative estimate of drug-likeness (QED) is 0.122. The summed E-state index contributed by atoms with van der Waals surface area (Å²) in [6.45, 7) is 18.3. The van der Waals surface area contributed by atoms with Gasteiger partial charge >= 0.3 is 0 Å². The summed E-state index contributed by atoms with van der Waals surface area (Å²) >= 11 is 0. The molecule has 2 heteroatoms. The lowest BCUT2D eigenvalue weighted by Gasteiger charge is -2.09. The first-order valence-corrected chi connectivity index (χ1v) is 21.9. The molecule has 316 valence electrons. The molecular weight excluding hydrogens is 761 g/mol. The number of aromatic amines is 2. The van der Waals surface area contributed by atoms with E-state index in [-0.39, 0.29) is 0 Å². The van der Waals surface area contributed by atoms with Crippen molar-refractivity contribution in [3.8, 4) is 0 Å². The number of aromatic nitrogens is 2. The molecule has 0 radical (unpaired) electrons. The standard InChI is InChI=1S/C26H23N.C16H17N.C13H16.C6H6/c1-4-9-20(16-19(3)22-11-6-5-10-18(22)2)21-14-15-26-24(17-21)23-12-7-8-13-25(23)27-26;1-3-11(2)12-8-9-16-14(10-12)13-6-4-5-7-15(13)17-16;1-3-5-7-9-11-13-12-10-8-6-4-2;1-2-4-6-5-3-1/h4-17,27H,1H2,2-3H3;4-11,17H,3H2,1-2H3;3-13H,1H2,2H3;1-6H/b19-16+,20-9+;;6-4-,7-5-,10-8+,11-9-,13-12+;. The van der Waals surface area contributed by atoms with Crippen LogP contribution in [0, 0.1) is 6.92 Å². The fourth-order valence-corrected chi connectivity index (χ4v) is 7.14. The molecule has 0 spiro atoms. The third kappa shape index (κ3) is 13.8. The summed E-state index contributed by atoms with van der Waals surface area (Å²) in [5.41, 5.74) is 12.4. The molecule has 0 amide bonds. The molecule has 0 aliphatic rings.